The number of rotatable bonds is 33. The van der Waals surface area contributed by atoms with E-state index in [2.05, 4.69) is 74.6 Å². The molecule has 0 heterocycles. The van der Waals surface area contributed by atoms with Gasteiger partial charge in [-0.2, -0.15) is 0 Å². The molecule has 0 bridgehead atoms. The maximum Gasteiger partial charge on any atom is 0.306 e. The molecule has 0 aliphatic rings. The van der Waals surface area contributed by atoms with Gasteiger partial charge in [-0.3, -0.25) is 9.59 Å². The van der Waals surface area contributed by atoms with E-state index in [1.54, 1.807) is 0 Å². The van der Waals surface area contributed by atoms with Crippen LogP contribution in [0.1, 0.15) is 168 Å². The van der Waals surface area contributed by atoms with Crippen LogP contribution in [0.25, 0.3) is 0 Å². The highest BCUT2D eigenvalue weighted by molar-refractivity contribution is 5.70. The number of allylic oxidation sites excluding steroid dienone is 10. The van der Waals surface area contributed by atoms with Crippen LogP contribution in [0.3, 0.4) is 0 Å². The molecule has 0 aliphatic heterocycles. The minimum absolute atomic E-state index is 0.0939. The molecule has 0 saturated heterocycles. The number of hydrogen-bond acceptors (Lipinski definition) is 5. The Bertz CT molecular complexity index is 823. The van der Waals surface area contributed by atoms with Crippen LogP contribution in [-0.2, 0) is 19.1 Å². The molecule has 0 aromatic heterocycles. The molecule has 0 amide bonds. The van der Waals surface area contributed by atoms with Gasteiger partial charge in [-0.1, -0.05) is 139 Å². The molecule has 0 fully saturated rings. The van der Waals surface area contributed by atoms with Crippen molar-refractivity contribution < 1.29 is 24.2 Å². The minimum Gasteiger partial charge on any atom is -0.462 e. The maximum atomic E-state index is 12.1. The van der Waals surface area contributed by atoms with E-state index >= 15 is 0 Å². The second-order valence-corrected chi connectivity index (χ2v) is 12.3. The smallest absolute Gasteiger partial charge is 0.306 e. The summed E-state index contributed by atoms with van der Waals surface area (Å²) in [6, 6.07) is 0. The normalized spacial score (nSPS) is 12.8. The summed E-state index contributed by atoms with van der Waals surface area (Å²) in [6.45, 7) is 4.04. The lowest BCUT2D eigenvalue weighted by Crippen LogP contribution is -2.28. The maximum absolute atomic E-state index is 12.1. The third-order valence-electron chi connectivity index (χ3n) is 7.78. The summed E-state index contributed by atoms with van der Waals surface area (Å²) in [5, 5.41) is 9.53. The SMILES string of the molecule is CCCCC/C=C\C/C=C\C/C=C\C/C=C\CCCC(=O)O[C@H](CO)COC(=O)CCCCCCC/C=C\CCCCCCCC. The molecule has 0 rings (SSSR count). The molecule has 0 spiro atoms. The van der Waals surface area contributed by atoms with Gasteiger partial charge >= 0.3 is 11.9 Å². The van der Waals surface area contributed by atoms with Crippen molar-refractivity contribution in [3.63, 3.8) is 0 Å². The van der Waals surface area contributed by atoms with E-state index in [1.807, 2.05) is 0 Å². The predicted molar refractivity (Wildman–Crippen MR) is 196 cm³/mol. The molecular weight excluding hydrogens is 572 g/mol. The summed E-state index contributed by atoms with van der Waals surface area (Å²) >= 11 is 0. The number of ether oxygens (including phenoxy) is 2. The molecule has 264 valence electrons. The number of unbranched alkanes of at least 4 members (excludes halogenated alkanes) is 15. The molecule has 5 heteroatoms. The highest BCUT2D eigenvalue weighted by Crippen LogP contribution is 2.11. The standard InChI is InChI=1S/C41H70O5/c1-3-5-7-9-11-13-15-17-19-20-22-24-26-28-30-32-34-36-41(44)46-39(37-42)38-45-40(43)35-33-31-29-27-25-23-21-18-16-14-12-10-8-6-4-2/h11,13,17-19,21-22,24,28,30,39,42H,3-10,12,14-16,20,23,25-27,29,31-38H2,1-2H3/b13-11-,19-17-,21-18-,24-22-,30-28-/t39-/m1/s1. The van der Waals surface area contributed by atoms with Gasteiger partial charge in [0, 0.05) is 12.8 Å². The summed E-state index contributed by atoms with van der Waals surface area (Å²) in [7, 11) is 0. The lowest BCUT2D eigenvalue weighted by atomic mass is 10.1. The number of carbonyl (C=O) groups excluding carboxylic acids is 2. The zero-order chi connectivity index (χ0) is 33.6. The van der Waals surface area contributed by atoms with Crippen LogP contribution < -0.4 is 0 Å². The molecule has 46 heavy (non-hydrogen) atoms. The number of aliphatic hydroxyl groups is 1. The lowest BCUT2D eigenvalue weighted by Gasteiger charge is -2.15. The van der Waals surface area contributed by atoms with Crippen LogP contribution in [0.4, 0.5) is 0 Å². The van der Waals surface area contributed by atoms with Crippen LogP contribution >= 0.6 is 0 Å². The van der Waals surface area contributed by atoms with E-state index in [4.69, 9.17) is 9.47 Å². The van der Waals surface area contributed by atoms with E-state index in [9.17, 15) is 14.7 Å². The molecule has 1 atom stereocenters. The van der Waals surface area contributed by atoms with Crippen LogP contribution in [0.2, 0.25) is 0 Å². The topological polar surface area (TPSA) is 72.8 Å². The average molecular weight is 643 g/mol. The first kappa shape index (κ1) is 43.6. The molecular formula is C41H70O5. The van der Waals surface area contributed by atoms with Gasteiger partial charge in [0.25, 0.3) is 0 Å². The largest absolute Gasteiger partial charge is 0.462 e. The first-order chi connectivity index (χ1) is 22.6. The lowest BCUT2D eigenvalue weighted by molar-refractivity contribution is -0.161. The quantitative estimate of drug-likeness (QED) is 0.0438. The summed E-state index contributed by atoms with van der Waals surface area (Å²) in [4.78, 5) is 24.2. The Kier molecular flexibility index (Phi) is 35.1. The van der Waals surface area contributed by atoms with Gasteiger partial charge in [0.2, 0.25) is 0 Å². The third-order valence-corrected chi connectivity index (χ3v) is 7.78. The van der Waals surface area contributed by atoms with E-state index in [0.717, 1.165) is 51.4 Å². The summed E-state index contributed by atoms with van der Waals surface area (Å²) in [6.07, 6.45) is 47.1. The molecule has 0 radical (unpaired) electrons. The van der Waals surface area contributed by atoms with Crippen molar-refractivity contribution in [2.24, 2.45) is 0 Å². The molecule has 0 saturated carbocycles. The Morgan fingerprint density at radius 1 is 0.500 bits per heavy atom. The van der Waals surface area contributed by atoms with Crippen LogP contribution in [0.15, 0.2) is 60.8 Å². The Labute approximate surface area is 283 Å². The Morgan fingerprint density at radius 2 is 0.891 bits per heavy atom. The van der Waals surface area contributed by atoms with Gasteiger partial charge < -0.3 is 14.6 Å². The molecule has 5 nitrogen and oxygen atoms in total. The van der Waals surface area contributed by atoms with Crippen molar-refractivity contribution in [2.45, 2.75) is 174 Å². The van der Waals surface area contributed by atoms with Gasteiger partial charge in [0.05, 0.1) is 6.61 Å². The van der Waals surface area contributed by atoms with Crippen LogP contribution in [0.5, 0.6) is 0 Å². The van der Waals surface area contributed by atoms with E-state index in [0.29, 0.717) is 12.8 Å². The van der Waals surface area contributed by atoms with Crippen molar-refractivity contribution in [3.8, 4) is 0 Å². The Balaban J connectivity index is 3.70. The zero-order valence-corrected chi connectivity index (χ0v) is 29.8. The number of aliphatic hydroxyl groups excluding tert-OH is 1. The van der Waals surface area contributed by atoms with Crippen LogP contribution in [-0.4, -0.2) is 36.4 Å². The number of carbonyl (C=O) groups is 2. The summed E-state index contributed by atoms with van der Waals surface area (Å²) < 4.78 is 10.5. The van der Waals surface area contributed by atoms with E-state index in [1.165, 1.54) is 83.5 Å². The molecule has 0 unspecified atom stereocenters. The first-order valence-electron chi connectivity index (χ1n) is 18.8. The fourth-order valence-corrected chi connectivity index (χ4v) is 4.89. The fraction of sp³-hybridized carbons (Fsp3) is 0.707. The first-order valence-corrected chi connectivity index (χ1v) is 18.8. The Morgan fingerprint density at radius 3 is 1.43 bits per heavy atom. The van der Waals surface area contributed by atoms with Gasteiger partial charge in [-0.05, 0) is 77.0 Å². The molecule has 0 aromatic rings. The van der Waals surface area contributed by atoms with Crippen molar-refractivity contribution >= 4 is 11.9 Å². The third kappa shape index (κ3) is 34.5. The minimum atomic E-state index is -0.804. The van der Waals surface area contributed by atoms with Crippen molar-refractivity contribution in [3.05, 3.63) is 60.8 Å². The number of esters is 2. The van der Waals surface area contributed by atoms with Gasteiger partial charge in [0.1, 0.15) is 6.61 Å². The van der Waals surface area contributed by atoms with E-state index in [-0.39, 0.29) is 31.6 Å². The molecule has 1 N–H and O–H groups in total. The van der Waals surface area contributed by atoms with Crippen molar-refractivity contribution in [1.29, 1.82) is 0 Å². The monoisotopic (exact) mass is 643 g/mol. The molecule has 0 aromatic carbocycles. The second-order valence-electron chi connectivity index (χ2n) is 12.3. The van der Waals surface area contributed by atoms with Gasteiger partial charge in [0.15, 0.2) is 6.10 Å². The summed E-state index contributed by atoms with van der Waals surface area (Å²) in [5.41, 5.74) is 0. The zero-order valence-electron chi connectivity index (χ0n) is 29.8. The number of hydrogen-bond donors (Lipinski definition) is 1. The average Bonchev–Trinajstić information content (AvgIpc) is 3.06. The van der Waals surface area contributed by atoms with Crippen molar-refractivity contribution in [2.75, 3.05) is 13.2 Å². The van der Waals surface area contributed by atoms with Crippen LogP contribution in [0, 0.1) is 0 Å². The highest BCUT2D eigenvalue weighted by atomic mass is 16.6. The van der Waals surface area contributed by atoms with E-state index < -0.39 is 6.10 Å². The van der Waals surface area contributed by atoms with Gasteiger partial charge in [-0.25, -0.2) is 0 Å². The Hall–Kier alpha value is -2.40. The fourth-order valence-electron chi connectivity index (χ4n) is 4.89. The summed E-state index contributed by atoms with van der Waals surface area (Å²) in [5.74, 6) is -0.670. The second kappa shape index (κ2) is 37.1. The molecule has 0 aliphatic carbocycles. The van der Waals surface area contributed by atoms with Gasteiger partial charge in [-0.15, -0.1) is 0 Å². The predicted octanol–water partition coefficient (Wildman–Crippen LogP) is 11.6. The van der Waals surface area contributed by atoms with Crippen molar-refractivity contribution in [1.82, 2.24) is 0 Å². The highest BCUT2D eigenvalue weighted by Gasteiger charge is 2.15.